The van der Waals surface area contributed by atoms with Gasteiger partial charge in [0.25, 0.3) is 0 Å². The van der Waals surface area contributed by atoms with Gasteiger partial charge in [-0.2, -0.15) is 5.26 Å². The van der Waals surface area contributed by atoms with Crippen LogP contribution in [0.3, 0.4) is 0 Å². The Hall–Kier alpha value is -0.0800. The fraction of sp³-hybridized carbons (Fsp3) is 0.125. The Kier molecular flexibility index (Phi) is 2.90. The molecule has 0 radical (unpaired) electrons. The number of nitriles is 1. The normalized spacial score (nSPS) is 9.27. The van der Waals surface area contributed by atoms with Crippen LogP contribution in [-0.4, -0.2) is 0 Å². The molecule has 0 bridgehead atoms. The van der Waals surface area contributed by atoms with Gasteiger partial charge in [-0.1, -0.05) is 6.07 Å². The van der Waals surface area contributed by atoms with Gasteiger partial charge in [-0.3, -0.25) is 0 Å². The molecule has 0 unspecified atom stereocenters. The SMILES string of the molecule is Cc1ccc(C#N)c(I)c1Br. The number of hydrogen-bond acceptors (Lipinski definition) is 1. The third-order valence-electron chi connectivity index (χ3n) is 1.40. The van der Waals surface area contributed by atoms with E-state index in [-0.39, 0.29) is 0 Å². The van der Waals surface area contributed by atoms with Crippen molar-refractivity contribution in [3.63, 3.8) is 0 Å². The molecule has 0 atom stereocenters. The van der Waals surface area contributed by atoms with E-state index in [0.29, 0.717) is 0 Å². The van der Waals surface area contributed by atoms with E-state index in [9.17, 15) is 0 Å². The third kappa shape index (κ3) is 1.74. The van der Waals surface area contributed by atoms with Gasteiger partial charge in [-0.15, -0.1) is 0 Å². The van der Waals surface area contributed by atoms with E-state index in [0.717, 1.165) is 19.2 Å². The van der Waals surface area contributed by atoms with Crippen LogP contribution in [0.5, 0.6) is 0 Å². The van der Waals surface area contributed by atoms with Gasteiger partial charge in [0.15, 0.2) is 0 Å². The predicted molar refractivity (Wildman–Crippen MR) is 56.3 cm³/mol. The van der Waals surface area contributed by atoms with Crippen LogP contribution >= 0.6 is 38.5 Å². The van der Waals surface area contributed by atoms with Crippen molar-refractivity contribution in [2.24, 2.45) is 0 Å². The number of hydrogen-bond donors (Lipinski definition) is 0. The zero-order chi connectivity index (χ0) is 8.43. The van der Waals surface area contributed by atoms with Gasteiger partial charge < -0.3 is 0 Å². The zero-order valence-electron chi connectivity index (χ0n) is 5.86. The molecule has 1 nitrogen and oxygen atoms in total. The Labute approximate surface area is 87.7 Å². The van der Waals surface area contributed by atoms with E-state index in [1.54, 1.807) is 0 Å². The number of rotatable bonds is 0. The molecule has 0 spiro atoms. The van der Waals surface area contributed by atoms with Crippen molar-refractivity contribution in [3.8, 4) is 6.07 Å². The minimum absolute atomic E-state index is 0.725. The lowest BCUT2D eigenvalue weighted by Crippen LogP contribution is -1.85. The molecule has 0 aromatic heterocycles. The van der Waals surface area contributed by atoms with Gasteiger partial charge in [0.05, 0.1) is 5.56 Å². The summed E-state index contributed by atoms with van der Waals surface area (Å²) < 4.78 is 2.02. The van der Waals surface area contributed by atoms with E-state index in [1.165, 1.54) is 0 Å². The lowest BCUT2D eigenvalue weighted by molar-refractivity contribution is 1.37. The molecule has 0 saturated heterocycles. The van der Waals surface area contributed by atoms with Crippen molar-refractivity contribution in [1.82, 2.24) is 0 Å². The van der Waals surface area contributed by atoms with Crippen LogP contribution < -0.4 is 0 Å². The lowest BCUT2D eigenvalue weighted by atomic mass is 10.2. The first-order chi connectivity index (χ1) is 5.16. The van der Waals surface area contributed by atoms with E-state index < -0.39 is 0 Å². The van der Waals surface area contributed by atoms with Crippen LogP contribution in [-0.2, 0) is 0 Å². The van der Waals surface area contributed by atoms with Crippen LogP contribution in [0.25, 0.3) is 0 Å². The Morgan fingerprint density at radius 2 is 2.18 bits per heavy atom. The largest absolute Gasteiger partial charge is 0.192 e. The average Bonchev–Trinajstić information content (AvgIpc) is 2.01. The molecule has 3 heteroatoms. The van der Waals surface area contributed by atoms with E-state index in [4.69, 9.17) is 5.26 Å². The highest BCUT2D eigenvalue weighted by atomic mass is 127. The van der Waals surface area contributed by atoms with Gasteiger partial charge in [0, 0.05) is 8.04 Å². The van der Waals surface area contributed by atoms with Crippen molar-refractivity contribution >= 4 is 38.5 Å². The number of halogens is 2. The highest BCUT2D eigenvalue weighted by Gasteiger charge is 2.04. The lowest BCUT2D eigenvalue weighted by Gasteiger charge is -2.01. The molecule has 0 fully saturated rings. The van der Waals surface area contributed by atoms with Crippen molar-refractivity contribution in [2.75, 3.05) is 0 Å². The summed E-state index contributed by atoms with van der Waals surface area (Å²) in [6, 6.07) is 5.90. The van der Waals surface area contributed by atoms with Crippen LogP contribution in [0.2, 0.25) is 0 Å². The summed E-state index contributed by atoms with van der Waals surface area (Å²) in [4.78, 5) is 0. The van der Waals surface area contributed by atoms with Crippen LogP contribution in [0.15, 0.2) is 16.6 Å². The Morgan fingerprint density at radius 1 is 1.55 bits per heavy atom. The summed E-state index contributed by atoms with van der Waals surface area (Å²) in [5, 5.41) is 8.66. The van der Waals surface area contributed by atoms with Gasteiger partial charge in [-0.05, 0) is 57.1 Å². The van der Waals surface area contributed by atoms with Crippen molar-refractivity contribution < 1.29 is 0 Å². The van der Waals surface area contributed by atoms with Gasteiger partial charge in [0.1, 0.15) is 6.07 Å². The van der Waals surface area contributed by atoms with Crippen molar-refractivity contribution in [3.05, 3.63) is 31.3 Å². The topological polar surface area (TPSA) is 23.8 Å². The minimum atomic E-state index is 0.725. The maximum Gasteiger partial charge on any atom is 0.100 e. The molecule has 0 aliphatic carbocycles. The summed E-state index contributed by atoms with van der Waals surface area (Å²) in [5.41, 5.74) is 1.89. The molecule has 1 aromatic carbocycles. The summed E-state index contributed by atoms with van der Waals surface area (Å²) >= 11 is 5.57. The molecule has 0 aliphatic rings. The van der Waals surface area contributed by atoms with E-state index >= 15 is 0 Å². The molecule has 1 aromatic rings. The number of benzene rings is 1. The monoisotopic (exact) mass is 321 g/mol. The molecular weight excluding hydrogens is 317 g/mol. The molecule has 0 heterocycles. The summed E-state index contributed by atoms with van der Waals surface area (Å²) in [6.07, 6.45) is 0. The first-order valence-corrected chi connectivity index (χ1v) is 4.88. The Bertz CT molecular complexity index is 328. The smallest absolute Gasteiger partial charge is 0.100 e. The maximum absolute atomic E-state index is 8.66. The Morgan fingerprint density at radius 3 is 2.73 bits per heavy atom. The van der Waals surface area contributed by atoms with Crippen molar-refractivity contribution in [1.29, 1.82) is 5.26 Å². The molecule has 0 saturated carbocycles. The zero-order valence-corrected chi connectivity index (χ0v) is 9.60. The molecule has 0 N–H and O–H groups in total. The third-order valence-corrected chi connectivity index (χ3v) is 4.28. The van der Waals surface area contributed by atoms with Gasteiger partial charge in [-0.25, -0.2) is 0 Å². The van der Waals surface area contributed by atoms with Crippen molar-refractivity contribution in [2.45, 2.75) is 6.92 Å². The van der Waals surface area contributed by atoms with Crippen LogP contribution in [0.1, 0.15) is 11.1 Å². The van der Waals surface area contributed by atoms with E-state index in [2.05, 4.69) is 44.6 Å². The van der Waals surface area contributed by atoms with Crippen LogP contribution in [0, 0.1) is 21.8 Å². The van der Waals surface area contributed by atoms with Gasteiger partial charge in [0.2, 0.25) is 0 Å². The molecule has 11 heavy (non-hydrogen) atoms. The minimum Gasteiger partial charge on any atom is -0.192 e. The molecule has 56 valence electrons. The molecule has 0 aliphatic heterocycles. The fourth-order valence-corrected chi connectivity index (χ4v) is 1.80. The second-order valence-electron chi connectivity index (χ2n) is 2.17. The number of nitrogens with zero attached hydrogens (tertiary/aromatic N) is 1. The molecule has 1 rings (SSSR count). The second kappa shape index (κ2) is 3.55. The predicted octanol–water partition coefficient (Wildman–Crippen LogP) is 3.23. The Balaban J connectivity index is 3.40. The summed E-state index contributed by atoms with van der Waals surface area (Å²) in [5.74, 6) is 0. The number of aryl methyl sites for hydroxylation is 1. The molecule has 0 amide bonds. The highest BCUT2D eigenvalue weighted by molar-refractivity contribution is 14.1. The maximum atomic E-state index is 8.66. The highest BCUT2D eigenvalue weighted by Crippen LogP contribution is 2.25. The van der Waals surface area contributed by atoms with Crippen LogP contribution in [0.4, 0.5) is 0 Å². The standard InChI is InChI=1S/C8H5BrIN/c1-5-2-3-6(4-11)8(10)7(5)9/h2-3H,1H3. The average molecular weight is 322 g/mol. The molecular formula is C8H5BrIN. The van der Waals surface area contributed by atoms with Gasteiger partial charge >= 0.3 is 0 Å². The summed E-state index contributed by atoms with van der Waals surface area (Å²) in [7, 11) is 0. The van der Waals surface area contributed by atoms with E-state index in [1.807, 2.05) is 19.1 Å². The first kappa shape index (κ1) is 9.01. The summed E-state index contributed by atoms with van der Waals surface area (Å²) in [6.45, 7) is 2.01. The second-order valence-corrected chi connectivity index (χ2v) is 4.04. The fourth-order valence-electron chi connectivity index (χ4n) is 0.732. The quantitative estimate of drug-likeness (QED) is 0.673. The first-order valence-electron chi connectivity index (χ1n) is 3.01.